The minimum Gasteiger partial charge on any atom is -0.327 e. The van der Waals surface area contributed by atoms with Crippen LogP contribution in [0.4, 0.5) is 0 Å². The average Bonchev–Trinajstić information content (AvgIpc) is 2.82. The van der Waals surface area contributed by atoms with Crippen molar-refractivity contribution in [3.05, 3.63) is 0 Å². The first-order valence-electron chi connectivity index (χ1n) is 7.36. The maximum Gasteiger partial charge on any atom is 0.0389 e. The minimum absolute atomic E-state index is 0.192. The van der Waals surface area contributed by atoms with E-state index in [1.807, 2.05) is 0 Å². The third kappa shape index (κ3) is 4.36. The van der Waals surface area contributed by atoms with E-state index in [1.165, 1.54) is 57.8 Å². The van der Waals surface area contributed by atoms with E-state index in [4.69, 9.17) is 5.73 Å². The Labute approximate surface area is 108 Å². The highest BCUT2D eigenvalue weighted by molar-refractivity contribution is 7.85. The largest absolute Gasteiger partial charge is 0.327 e. The summed E-state index contributed by atoms with van der Waals surface area (Å²) in [4.78, 5) is 0. The number of hydrogen-bond donors (Lipinski definition) is 1. The molecule has 0 amide bonds. The van der Waals surface area contributed by atoms with E-state index in [9.17, 15) is 4.21 Å². The third-order valence-corrected chi connectivity index (χ3v) is 6.13. The molecule has 2 aliphatic rings. The van der Waals surface area contributed by atoms with Crippen LogP contribution in [0.3, 0.4) is 0 Å². The lowest BCUT2D eigenvalue weighted by atomic mass is 9.85. The molecule has 2 N–H and O–H groups in total. The molecule has 0 saturated heterocycles. The van der Waals surface area contributed by atoms with Crippen LogP contribution in [0, 0.1) is 11.8 Å². The Balaban J connectivity index is 1.69. The molecule has 17 heavy (non-hydrogen) atoms. The topological polar surface area (TPSA) is 43.1 Å². The van der Waals surface area contributed by atoms with Gasteiger partial charge in [-0.05, 0) is 37.5 Å². The second-order valence-electron chi connectivity index (χ2n) is 5.99. The Morgan fingerprint density at radius 1 is 1.00 bits per heavy atom. The summed E-state index contributed by atoms with van der Waals surface area (Å²) in [6, 6.07) is 0.192. The molecular weight excluding hydrogens is 230 g/mol. The summed E-state index contributed by atoms with van der Waals surface area (Å²) in [6.07, 6.45) is 11.8. The SMILES string of the molecule is NC(CS(=O)CC1CCCC1)C1CCCCC1. The predicted octanol–water partition coefficient (Wildman–Crippen LogP) is 2.83. The van der Waals surface area contributed by atoms with Crippen molar-refractivity contribution in [2.75, 3.05) is 11.5 Å². The summed E-state index contributed by atoms with van der Waals surface area (Å²) in [6.45, 7) is 0. The molecule has 0 aliphatic heterocycles. The maximum absolute atomic E-state index is 12.1. The van der Waals surface area contributed by atoms with Crippen LogP contribution in [-0.4, -0.2) is 21.8 Å². The zero-order valence-corrected chi connectivity index (χ0v) is 11.7. The van der Waals surface area contributed by atoms with E-state index >= 15 is 0 Å². The molecule has 0 aromatic heterocycles. The van der Waals surface area contributed by atoms with Crippen LogP contribution in [-0.2, 0) is 10.8 Å². The zero-order valence-electron chi connectivity index (χ0n) is 10.9. The van der Waals surface area contributed by atoms with Crippen LogP contribution in [0.5, 0.6) is 0 Å². The van der Waals surface area contributed by atoms with E-state index in [-0.39, 0.29) is 6.04 Å². The van der Waals surface area contributed by atoms with Gasteiger partial charge >= 0.3 is 0 Å². The van der Waals surface area contributed by atoms with Gasteiger partial charge in [-0.15, -0.1) is 0 Å². The molecule has 2 saturated carbocycles. The molecule has 0 heterocycles. The minimum atomic E-state index is -0.667. The summed E-state index contributed by atoms with van der Waals surface area (Å²) < 4.78 is 12.1. The molecule has 2 aliphatic carbocycles. The van der Waals surface area contributed by atoms with E-state index in [1.54, 1.807) is 0 Å². The van der Waals surface area contributed by atoms with Gasteiger partial charge in [-0.1, -0.05) is 32.1 Å². The van der Waals surface area contributed by atoms with Gasteiger partial charge in [-0.25, -0.2) is 0 Å². The third-order valence-electron chi connectivity index (χ3n) is 4.53. The van der Waals surface area contributed by atoms with Crippen LogP contribution in [0.15, 0.2) is 0 Å². The first-order chi connectivity index (χ1) is 8.25. The van der Waals surface area contributed by atoms with Gasteiger partial charge in [0.15, 0.2) is 0 Å². The first-order valence-corrected chi connectivity index (χ1v) is 8.85. The van der Waals surface area contributed by atoms with Gasteiger partial charge in [-0.2, -0.15) is 0 Å². The van der Waals surface area contributed by atoms with Gasteiger partial charge in [-0.3, -0.25) is 4.21 Å². The van der Waals surface area contributed by atoms with Gasteiger partial charge in [0.25, 0.3) is 0 Å². The van der Waals surface area contributed by atoms with Crippen molar-refractivity contribution >= 4 is 10.8 Å². The van der Waals surface area contributed by atoms with E-state index in [0.29, 0.717) is 5.92 Å². The normalized spacial score (nSPS) is 27.1. The Hall–Kier alpha value is 0.110. The summed E-state index contributed by atoms with van der Waals surface area (Å²) in [5.41, 5.74) is 6.23. The maximum atomic E-state index is 12.1. The molecule has 3 heteroatoms. The molecular formula is C14H27NOS. The summed E-state index contributed by atoms with van der Waals surface area (Å²) >= 11 is 0. The standard InChI is InChI=1S/C14H27NOS/c15-14(13-8-2-1-3-9-13)11-17(16)10-12-6-4-5-7-12/h12-14H,1-11,15H2. The summed E-state index contributed by atoms with van der Waals surface area (Å²) in [5, 5.41) is 0. The van der Waals surface area contributed by atoms with Crippen LogP contribution in [0.25, 0.3) is 0 Å². The van der Waals surface area contributed by atoms with Gasteiger partial charge in [0.2, 0.25) is 0 Å². The van der Waals surface area contributed by atoms with Crippen molar-refractivity contribution in [1.29, 1.82) is 0 Å². The number of rotatable bonds is 5. The first kappa shape index (κ1) is 13.5. The fraction of sp³-hybridized carbons (Fsp3) is 1.00. The molecule has 0 radical (unpaired) electrons. The smallest absolute Gasteiger partial charge is 0.0389 e. The van der Waals surface area contributed by atoms with Crippen molar-refractivity contribution in [2.24, 2.45) is 17.6 Å². The molecule has 2 nitrogen and oxygen atoms in total. The lowest BCUT2D eigenvalue weighted by molar-refractivity contribution is 0.318. The molecule has 0 aromatic carbocycles. The average molecular weight is 257 g/mol. The predicted molar refractivity (Wildman–Crippen MR) is 74.4 cm³/mol. The van der Waals surface area contributed by atoms with Crippen LogP contribution in [0.2, 0.25) is 0 Å². The second-order valence-corrected chi connectivity index (χ2v) is 7.53. The van der Waals surface area contributed by atoms with Crippen molar-refractivity contribution in [2.45, 2.75) is 63.8 Å². The van der Waals surface area contributed by atoms with Crippen molar-refractivity contribution in [1.82, 2.24) is 0 Å². The second kappa shape index (κ2) is 6.89. The summed E-state index contributed by atoms with van der Waals surface area (Å²) in [7, 11) is -0.667. The molecule has 2 fully saturated rings. The lowest BCUT2D eigenvalue weighted by Gasteiger charge is -2.27. The highest BCUT2D eigenvalue weighted by Gasteiger charge is 2.24. The fourth-order valence-electron chi connectivity index (χ4n) is 3.42. The quantitative estimate of drug-likeness (QED) is 0.823. The molecule has 0 spiro atoms. The molecule has 2 atom stereocenters. The lowest BCUT2D eigenvalue weighted by Crippen LogP contribution is -2.37. The van der Waals surface area contributed by atoms with E-state index < -0.39 is 10.8 Å². The number of nitrogens with two attached hydrogens (primary N) is 1. The molecule has 2 rings (SSSR count). The van der Waals surface area contributed by atoms with Gasteiger partial charge < -0.3 is 5.73 Å². The summed E-state index contributed by atoms with van der Waals surface area (Å²) in [5.74, 6) is 3.05. The highest BCUT2D eigenvalue weighted by Crippen LogP contribution is 2.28. The number of hydrogen-bond acceptors (Lipinski definition) is 2. The fourth-order valence-corrected chi connectivity index (χ4v) is 5.12. The zero-order chi connectivity index (χ0) is 12.1. The van der Waals surface area contributed by atoms with E-state index in [0.717, 1.165) is 17.4 Å². The van der Waals surface area contributed by atoms with E-state index in [2.05, 4.69) is 0 Å². The monoisotopic (exact) mass is 257 g/mol. The Kier molecular flexibility index (Phi) is 5.49. The van der Waals surface area contributed by atoms with Gasteiger partial charge in [0.1, 0.15) is 0 Å². The Bertz CT molecular complexity index is 245. The Morgan fingerprint density at radius 2 is 1.59 bits per heavy atom. The van der Waals surface area contributed by atoms with Gasteiger partial charge in [0, 0.05) is 28.3 Å². The van der Waals surface area contributed by atoms with Crippen LogP contribution >= 0.6 is 0 Å². The molecule has 100 valence electrons. The molecule has 2 unspecified atom stereocenters. The Morgan fingerprint density at radius 3 is 2.24 bits per heavy atom. The van der Waals surface area contributed by atoms with Gasteiger partial charge in [0.05, 0.1) is 0 Å². The van der Waals surface area contributed by atoms with Crippen LogP contribution in [0.1, 0.15) is 57.8 Å². The molecule has 0 bridgehead atoms. The molecule has 0 aromatic rings. The highest BCUT2D eigenvalue weighted by atomic mass is 32.2. The van der Waals surface area contributed by atoms with Crippen molar-refractivity contribution in [3.63, 3.8) is 0 Å². The van der Waals surface area contributed by atoms with Crippen molar-refractivity contribution in [3.8, 4) is 0 Å². The van der Waals surface area contributed by atoms with Crippen molar-refractivity contribution < 1.29 is 4.21 Å². The van der Waals surface area contributed by atoms with Crippen LogP contribution < -0.4 is 5.73 Å².